The van der Waals surface area contributed by atoms with Gasteiger partial charge in [-0.15, -0.1) is 0 Å². The van der Waals surface area contributed by atoms with Gasteiger partial charge in [-0.25, -0.2) is 0 Å². The van der Waals surface area contributed by atoms with Crippen molar-refractivity contribution in [3.05, 3.63) is 0 Å². The molecule has 1 saturated heterocycles. The summed E-state index contributed by atoms with van der Waals surface area (Å²) in [6.45, 7) is 9.34. The lowest BCUT2D eigenvalue weighted by Gasteiger charge is -2.51. The Morgan fingerprint density at radius 1 is 1.21 bits per heavy atom. The maximum atomic E-state index is 12.2. The van der Waals surface area contributed by atoms with Crippen molar-refractivity contribution >= 4 is 5.91 Å². The van der Waals surface area contributed by atoms with Crippen LogP contribution in [0.2, 0.25) is 0 Å². The van der Waals surface area contributed by atoms with Gasteiger partial charge < -0.3 is 15.4 Å². The van der Waals surface area contributed by atoms with Gasteiger partial charge >= 0.3 is 0 Å². The number of rotatable bonds is 7. The van der Waals surface area contributed by atoms with E-state index in [1.165, 1.54) is 44.9 Å². The van der Waals surface area contributed by atoms with E-state index in [-0.39, 0.29) is 17.0 Å². The van der Waals surface area contributed by atoms with Gasteiger partial charge in [-0.2, -0.15) is 0 Å². The highest BCUT2D eigenvalue weighted by molar-refractivity contribution is 5.78. The third-order valence-electron chi connectivity index (χ3n) is 5.91. The molecule has 0 radical (unpaired) electrons. The molecule has 2 saturated carbocycles. The van der Waals surface area contributed by atoms with E-state index in [1.54, 1.807) is 0 Å². The SMILES string of the molecule is CC1(C)CN(C2(CNC(=O)CNCC3CC3)CCCCC2)CCO1. The van der Waals surface area contributed by atoms with Gasteiger partial charge in [0.25, 0.3) is 0 Å². The molecule has 3 rings (SSSR count). The van der Waals surface area contributed by atoms with Crippen molar-refractivity contribution in [1.29, 1.82) is 0 Å². The summed E-state index contributed by atoms with van der Waals surface area (Å²) in [5.41, 5.74) is 0.0456. The topological polar surface area (TPSA) is 53.6 Å². The number of ether oxygens (including phenoxy) is 1. The minimum absolute atomic E-state index is 0.0848. The predicted molar refractivity (Wildman–Crippen MR) is 96.0 cm³/mol. The van der Waals surface area contributed by atoms with E-state index in [0.717, 1.165) is 38.7 Å². The van der Waals surface area contributed by atoms with E-state index in [2.05, 4.69) is 29.4 Å². The Kier molecular flexibility index (Phi) is 5.83. The number of nitrogens with zero attached hydrogens (tertiary/aromatic N) is 1. The van der Waals surface area contributed by atoms with Gasteiger partial charge in [0, 0.05) is 25.2 Å². The summed E-state index contributed by atoms with van der Waals surface area (Å²) >= 11 is 0. The fourth-order valence-corrected chi connectivity index (χ4v) is 4.27. The molecule has 3 aliphatic rings. The van der Waals surface area contributed by atoms with Crippen LogP contribution in [0.1, 0.15) is 58.8 Å². The van der Waals surface area contributed by atoms with Crippen molar-refractivity contribution in [3.63, 3.8) is 0 Å². The zero-order valence-corrected chi connectivity index (χ0v) is 15.5. The second-order valence-electron chi connectivity index (χ2n) is 8.67. The normalized spacial score (nSPS) is 26.9. The van der Waals surface area contributed by atoms with Gasteiger partial charge in [-0.1, -0.05) is 19.3 Å². The molecule has 0 aromatic heterocycles. The number of carbonyl (C=O) groups is 1. The third kappa shape index (κ3) is 4.93. The highest BCUT2D eigenvalue weighted by Crippen LogP contribution is 2.36. The summed E-state index contributed by atoms with van der Waals surface area (Å²) in [6.07, 6.45) is 8.90. The number of carbonyl (C=O) groups excluding carboxylic acids is 1. The summed E-state index contributed by atoms with van der Waals surface area (Å²) in [5, 5.41) is 6.52. The highest BCUT2D eigenvalue weighted by atomic mass is 16.5. The molecule has 0 unspecified atom stereocenters. The van der Waals surface area contributed by atoms with Gasteiger partial charge in [-0.3, -0.25) is 9.69 Å². The first kappa shape index (κ1) is 18.2. The molecule has 0 spiro atoms. The van der Waals surface area contributed by atoms with Crippen molar-refractivity contribution in [2.45, 2.75) is 69.9 Å². The number of nitrogens with one attached hydrogen (secondary N) is 2. The number of hydrogen-bond acceptors (Lipinski definition) is 4. The molecule has 1 heterocycles. The molecule has 5 nitrogen and oxygen atoms in total. The van der Waals surface area contributed by atoms with Crippen LogP contribution in [0.15, 0.2) is 0 Å². The maximum absolute atomic E-state index is 12.2. The quantitative estimate of drug-likeness (QED) is 0.745. The lowest BCUT2D eigenvalue weighted by atomic mass is 9.79. The van der Waals surface area contributed by atoms with Crippen LogP contribution in [0.5, 0.6) is 0 Å². The van der Waals surface area contributed by atoms with Crippen molar-refractivity contribution in [1.82, 2.24) is 15.5 Å². The Balaban J connectivity index is 1.53. The Morgan fingerprint density at radius 3 is 2.62 bits per heavy atom. The molecule has 0 aromatic carbocycles. The van der Waals surface area contributed by atoms with Crippen molar-refractivity contribution < 1.29 is 9.53 Å². The number of amides is 1. The standard InChI is InChI=1S/C19H35N3O2/c1-18(2)15-22(10-11-24-18)19(8-4-3-5-9-19)14-21-17(23)13-20-12-16-6-7-16/h16,20H,3-15H2,1-2H3,(H,21,23). The Labute approximate surface area is 146 Å². The largest absolute Gasteiger partial charge is 0.373 e. The Hall–Kier alpha value is -0.650. The fourth-order valence-electron chi connectivity index (χ4n) is 4.27. The van der Waals surface area contributed by atoms with Crippen LogP contribution in [-0.4, -0.2) is 61.3 Å². The summed E-state index contributed by atoms with van der Waals surface area (Å²) in [6, 6.07) is 0. The minimum Gasteiger partial charge on any atom is -0.373 e. The Morgan fingerprint density at radius 2 is 1.96 bits per heavy atom. The predicted octanol–water partition coefficient (Wildman–Crippen LogP) is 1.92. The molecular weight excluding hydrogens is 302 g/mol. The van der Waals surface area contributed by atoms with E-state index in [4.69, 9.17) is 4.74 Å². The molecule has 0 aromatic rings. The zero-order valence-electron chi connectivity index (χ0n) is 15.5. The molecule has 0 bridgehead atoms. The zero-order chi connectivity index (χ0) is 17.0. The molecular formula is C19H35N3O2. The van der Waals surface area contributed by atoms with Gasteiger partial charge in [0.2, 0.25) is 5.91 Å². The molecule has 1 aliphatic heterocycles. The van der Waals surface area contributed by atoms with E-state index < -0.39 is 0 Å². The first-order valence-corrected chi connectivity index (χ1v) is 9.86. The van der Waals surface area contributed by atoms with Gasteiger partial charge in [0.1, 0.15) is 0 Å². The molecule has 2 aliphatic carbocycles. The van der Waals surface area contributed by atoms with Crippen LogP contribution in [0.3, 0.4) is 0 Å². The first-order valence-electron chi connectivity index (χ1n) is 9.86. The van der Waals surface area contributed by atoms with Crippen LogP contribution in [0.4, 0.5) is 0 Å². The summed E-state index contributed by atoms with van der Waals surface area (Å²) in [7, 11) is 0. The average molecular weight is 338 g/mol. The lowest BCUT2D eigenvalue weighted by molar-refractivity contribution is -0.128. The minimum atomic E-state index is -0.0848. The van der Waals surface area contributed by atoms with Crippen LogP contribution in [0, 0.1) is 5.92 Å². The number of morpholine rings is 1. The van der Waals surface area contributed by atoms with Crippen LogP contribution < -0.4 is 10.6 Å². The molecule has 2 N–H and O–H groups in total. The van der Waals surface area contributed by atoms with Crippen molar-refractivity contribution in [2.75, 3.05) is 39.3 Å². The monoisotopic (exact) mass is 337 g/mol. The van der Waals surface area contributed by atoms with E-state index >= 15 is 0 Å². The summed E-state index contributed by atoms with van der Waals surface area (Å²) < 4.78 is 5.90. The van der Waals surface area contributed by atoms with Gasteiger partial charge in [-0.05, 0) is 52.0 Å². The fraction of sp³-hybridized carbons (Fsp3) is 0.947. The van der Waals surface area contributed by atoms with E-state index in [0.29, 0.717) is 6.54 Å². The van der Waals surface area contributed by atoms with E-state index in [1.807, 2.05) is 0 Å². The van der Waals surface area contributed by atoms with E-state index in [9.17, 15) is 4.79 Å². The molecule has 138 valence electrons. The van der Waals surface area contributed by atoms with Crippen molar-refractivity contribution in [2.24, 2.45) is 5.92 Å². The summed E-state index contributed by atoms with van der Waals surface area (Å²) in [4.78, 5) is 14.8. The van der Waals surface area contributed by atoms with Gasteiger partial charge in [0.05, 0.1) is 18.8 Å². The second kappa shape index (κ2) is 7.71. The molecule has 0 atom stereocenters. The Bertz CT molecular complexity index is 428. The van der Waals surface area contributed by atoms with Gasteiger partial charge in [0.15, 0.2) is 0 Å². The molecule has 5 heteroatoms. The average Bonchev–Trinajstić information content (AvgIpc) is 3.37. The maximum Gasteiger partial charge on any atom is 0.234 e. The third-order valence-corrected chi connectivity index (χ3v) is 5.91. The van der Waals surface area contributed by atoms with Crippen LogP contribution in [0.25, 0.3) is 0 Å². The van der Waals surface area contributed by atoms with Crippen LogP contribution in [-0.2, 0) is 9.53 Å². The highest BCUT2D eigenvalue weighted by Gasteiger charge is 2.42. The van der Waals surface area contributed by atoms with Crippen molar-refractivity contribution in [3.8, 4) is 0 Å². The first-order chi connectivity index (χ1) is 11.5. The molecule has 3 fully saturated rings. The summed E-state index contributed by atoms with van der Waals surface area (Å²) in [5.74, 6) is 0.964. The second-order valence-corrected chi connectivity index (χ2v) is 8.67. The smallest absolute Gasteiger partial charge is 0.234 e. The lowest BCUT2D eigenvalue weighted by Crippen LogP contribution is -2.63. The molecule has 1 amide bonds. The molecule has 24 heavy (non-hydrogen) atoms. The number of hydrogen-bond donors (Lipinski definition) is 2. The van der Waals surface area contributed by atoms with Crippen LogP contribution >= 0.6 is 0 Å².